The third-order valence-electron chi connectivity index (χ3n) is 10.4. The van der Waals surface area contributed by atoms with E-state index in [4.69, 9.17) is 52.0 Å². The molecule has 7 aromatic carbocycles. The Balaban J connectivity index is 1.40. The number of hydrogen-bond acceptors (Lipinski definition) is 5. The van der Waals surface area contributed by atoms with Crippen molar-refractivity contribution in [1.29, 1.82) is 0 Å². The molecule has 4 aliphatic heterocycles. The van der Waals surface area contributed by atoms with Gasteiger partial charge in [-0.15, -0.1) is 0 Å². The third kappa shape index (κ3) is 3.65. The molecule has 0 saturated heterocycles. The van der Waals surface area contributed by atoms with Gasteiger partial charge in [0.15, 0.2) is 0 Å². The van der Waals surface area contributed by atoms with Crippen LogP contribution in [0.15, 0.2) is 146 Å². The Morgan fingerprint density at radius 1 is 0.327 bits per heavy atom. The number of halogens is 4. The van der Waals surface area contributed by atoms with Gasteiger partial charge in [-0.05, 0) is 0 Å². The van der Waals surface area contributed by atoms with E-state index in [2.05, 4.69) is 142 Å². The van der Waals surface area contributed by atoms with Crippen LogP contribution >= 0.6 is 46.4 Å². The minimum absolute atomic E-state index is 0.123. The van der Waals surface area contributed by atoms with Gasteiger partial charge in [-0.1, -0.05) is 0 Å². The average Bonchev–Trinajstić information content (AvgIpc) is 3.54. The second kappa shape index (κ2) is 10.8. The zero-order chi connectivity index (χ0) is 35.0. The van der Waals surface area contributed by atoms with Crippen LogP contribution in [0.5, 0.6) is 11.5 Å². The first-order chi connectivity index (χ1) is 25.4. The molecule has 0 bridgehead atoms. The molecule has 52 heavy (non-hydrogen) atoms. The van der Waals surface area contributed by atoms with Gasteiger partial charge in [-0.25, -0.2) is 0 Å². The van der Waals surface area contributed by atoms with Crippen LogP contribution in [0.4, 0.5) is 51.2 Å². The van der Waals surface area contributed by atoms with Crippen LogP contribution in [-0.2, 0) is 0 Å². The molecule has 4 heterocycles. The number of fused-ring (bicyclic) bond motifs is 1. The van der Waals surface area contributed by atoms with Crippen molar-refractivity contribution in [3.8, 4) is 11.5 Å². The Kier molecular flexibility index (Phi) is 6.48. The fourth-order valence-corrected chi connectivity index (χ4v) is 32.6. The van der Waals surface area contributed by atoms with Crippen molar-refractivity contribution in [2.45, 2.75) is 0 Å². The molecular formula is C42H24BiCl4N3O2. The summed E-state index contributed by atoms with van der Waals surface area (Å²) in [4.78, 5) is 6.98. The fourth-order valence-electron chi connectivity index (χ4n) is 8.58. The summed E-state index contributed by atoms with van der Waals surface area (Å²) in [6.45, 7) is 0. The number of nitrogens with zero attached hydrogens (tertiary/aromatic N) is 3. The molecule has 0 radical (unpaired) electrons. The summed E-state index contributed by atoms with van der Waals surface area (Å²) >= 11 is 21.7. The van der Waals surface area contributed by atoms with Crippen molar-refractivity contribution in [3.05, 3.63) is 166 Å². The van der Waals surface area contributed by atoms with E-state index in [1.807, 2.05) is 18.2 Å². The third-order valence-corrected chi connectivity index (χ3v) is 31.1. The summed E-state index contributed by atoms with van der Waals surface area (Å²) in [5.74, 6) is 0.621. The molecule has 0 saturated carbocycles. The Morgan fingerprint density at radius 2 is 0.596 bits per heavy atom. The van der Waals surface area contributed by atoms with E-state index in [0.29, 0.717) is 11.5 Å². The predicted molar refractivity (Wildman–Crippen MR) is 216 cm³/mol. The SMILES string of the molecule is Clc1c(Cl)c(Cl)c2c(c1Cl)[O][Bi]13([O]2)[c]2c4cccc2N(c2ccccc2)c2cccc([c]21)N(c1ccccc1)c1cccc([c]13)N4c1ccccc1. The van der Waals surface area contributed by atoms with E-state index in [0.717, 1.165) is 61.0 Å². The quantitative estimate of drug-likeness (QED) is 0.1000. The molecule has 0 fully saturated rings. The molecule has 0 N–H and O–H groups in total. The topological polar surface area (TPSA) is 28.2 Å². The summed E-state index contributed by atoms with van der Waals surface area (Å²) in [5.41, 5.74) is 8.71. The van der Waals surface area contributed by atoms with E-state index in [1.54, 1.807) is 0 Å². The fraction of sp³-hybridized carbons (Fsp3) is 0. The van der Waals surface area contributed by atoms with Gasteiger partial charge in [-0.3, -0.25) is 0 Å². The number of hydrogen-bond donors (Lipinski definition) is 0. The van der Waals surface area contributed by atoms with Crippen LogP contribution in [0, 0.1) is 0 Å². The summed E-state index contributed by atoms with van der Waals surface area (Å²) in [6.07, 6.45) is 0. The zero-order valence-electron chi connectivity index (χ0n) is 27.0. The first-order valence-electron chi connectivity index (χ1n) is 16.7. The van der Waals surface area contributed by atoms with Gasteiger partial charge in [-0.2, -0.15) is 0 Å². The van der Waals surface area contributed by atoms with Crippen molar-refractivity contribution in [2.24, 2.45) is 0 Å². The van der Waals surface area contributed by atoms with Gasteiger partial charge in [0.05, 0.1) is 0 Å². The molecule has 10 heteroatoms. The molecule has 1 spiro atoms. The van der Waals surface area contributed by atoms with E-state index in [1.165, 1.54) is 0 Å². The molecule has 0 aromatic heterocycles. The normalized spacial score (nSPS) is 16.7. The van der Waals surface area contributed by atoms with Crippen LogP contribution in [0.1, 0.15) is 0 Å². The van der Waals surface area contributed by atoms with Crippen LogP contribution < -0.4 is 30.1 Å². The summed E-state index contributed by atoms with van der Waals surface area (Å²) in [5, 5.41) is 0.586. The van der Waals surface area contributed by atoms with E-state index in [-0.39, 0.29) is 20.1 Å². The minimum atomic E-state index is -6.18. The molecule has 5 nitrogen and oxygen atoms in total. The number of anilines is 9. The Hall–Kier alpha value is -4.42. The van der Waals surface area contributed by atoms with Gasteiger partial charge in [0.25, 0.3) is 0 Å². The first kappa shape index (κ1) is 31.1. The molecule has 252 valence electrons. The van der Waals surface area contributed by atoms with Crippen molar-refractivity contribution >= 4 is 127 Å². The number of para-hydroxylation sites is 3. The van der Waals surface area contributed by atoms with Gasteiger partial charge < -0.3 is 0 Å². The number of benzene rings is 7. The van der Waals surface area contributed by atoms with E-state index >= 15 is 0 Å². The maximum absolute atomic E-state index is 7.86. The van der Waals surface area contributed by atoms with Crippen LogP contribution in [-0.4, -0.2) is 19.7 Å². The summed E-state index contributed by atoms with van der Waals surface area (Å²) in [7, 11) is 0. The molecule has 0 aliphatic carbocycles. The van der Waals surface area contributed by atoms with Gasteiger partial charge >= 0.3 is 325 Å². The summed E-state index contributed by atoms with van der Waals surface area (Å²) < 4.78 is 18.6. The van der Waals surface area contributed by atoms with Crippen molar-refractivity contribution in [3.63, 3.8) is 0 Å². The van der Waals surface area contributed by atoms with Crippen LogP contribution in [0.25, 0.3) is 0 Å². The predicted octanol–water partition coefficient (Wildman–Crippen LogP) is 11.5. The Bertz CT molecular complexity index is 2340. The second-order valence-electron chi connectivity index (χ2n) is 13.0. The Labute approximate surface area is 322 Å². The summed E-state index contributed by atoms with van der Waals surface area (Å²) in [6, 6.07) is 50.5. The first-order valence-corrected chi connectivity index (χ1v) is 26.2. The van der Waals surface area contributed by atoms with Gasteiger partial charge in [0, 0.05) is 0 Å². The van der Waals surface area contributed by atoms with Gasteiger partial charge in [0.2, 0.25) is 0 Å². The molecule has 0 unspecified atom stereocenters. The van der Waals surface area contributed by atoms with E-state index < -0.39 is 19.7 Å². The molecule has 11 rings (SSSR count). The molecule has 0 atom stereocenters. The average molecular weight is 953 g/mol. The maximum atomic E-state index is 7.86. The monoisotopic (exact) mass is 951 g/mol. The molecule has 4 aliphatic rings. The van der Waals surface area contributed by atoms with Crippen molar-refractivity contribution in [1.82, 2.24) is 0 Å². The molecule has 0 amide bonds. The van der Waals surface area contributed by atoms with Gasteiger partial charge in [0.1, 0.15) is 0 Å². The number of rotatable bonds is 3. The standard InChI is InChI=1S/C36H24N3.C6H2Cl4O2.Bi/c1-4-13-28(14-5-1)37-31-19-10-21-33(25-31)38(29-15-6-2-7-16-29)35-23-12-24-36(27-35)39(30-17-8-3-9-18-30)34-22-11-20-32(37)26-34;7-1-2(8)4(10)6(12)5(11)3(1)9;/h1-24H;11-12H;/q;;+2/p-2. The second-order valence-corrected chi connectivity index (χ2v) is 28.6. The van der Waals surface area contributed by atoms with Crippen LogP contribution in [0.3, 0.4) is 0 Å². The molecular weight excluding hydrogens is 929 g/mol. The molecule has 7 aromatic rings. The Morgan fingerprint density at radius 3 is 0.865 bits per heavy atom. The zero-order valence-corrected chi connectivity index (χ0v) is 33.5. The van der Waals surface area contributed by atoms with Crippen LogP contribution in [0.2, 0.25) is 20.1 Å². The van der Waals surface area contributed by atoms with Crippen molar-refractivity contribution in [2.75, 3.05) is 14.7 Å². The van der Waals surface area contributed by atoms with E-state index in [9.17, 15) is 0 Å². The van der Waals surface area contributed by atoms with Crippen molar-refractivity contribution < 1.29 is 5.63 Å².